The van der Waals surface area contributed by atoms with Crippen molar-refractivity contribution in [2.75, 3.05) is 12.1 Å². The van der Waals surface area contributed by atoms with E-state index in [2.05, 4.69) is 10.1 Å². The smallest absolute Gasteiger partial charge is 0.223 e. The van der Waals surface area contributed by atoms with Gasteiger partial charge in [-0.25, -0.2) is 5.48 Å². The molecule has 0 aromatic heterocycles. The van der Waals surface area contributed by atoms with Crippen molar-refractivity contribution in [2.24, 2.45) is 0 Å². The predicted octanol–water partition coefficient (Wildman–Crippen LogP) is 1.41. The molecule has 0 heterocycles. The standard InChI is InChI=1S/C7H11NO3P/c1-12(9,10)11-8-7-5-3-2-4-6-7/h2-6,8-10H,1H3/q+1. The molecule has 0 unspecified atom stereocenters. The van der Waals surface area contributed by atoms with E-state index in [4.69, 9.17) is 9.79 Å². The van der Waals surface area contributed by atoms with Crippen molar-refractivity contribution < 1.29 is 14.4 Å². The van der Waals surface area contributed by atoms with Gasteiger partial charge in [0, 0.05) is 0 Å². The van der Waals surface area contributed by atoms with Crippen LogP contribution in [-0.2, 0) is 4.62 Å². The fourth-order valence-electron chi connectivity index (χ4n) is 0.645. The Morgan fingerprint density at radius 3 is 2.33 bits per heavy atom. The van der Waals surface area contributed by atoms with E-state index in [0.29, 0.717) is 5.69 Å². The summed E-state index contributed by atoms with van der Waals surface area (Å²) in [5, 5.41) is 0. The summed E-state index contributed by atoms with van der Waals surface area (Å²) in [5.74, 6) is 0. The summed E-state index contributed by atoms with van der Waals surface area (Å²) < 4.78 is 4.59. The van der Waals surface area contributed by atoms with Gasteiger partial charge in [-0.3, -0.25) is 0 Å². The van der Waals surface area contributed by atoms with Gasteiger partial charge in [0.05, 0.1) is 5.69 Å². The second kappa shape index (κ2) is 3.83. The molecule has 0 spiro atoms. The maximum Gasteiger partial charge on any atom is 0.433 e. The van der Waals surface area contributed by atoms with Crippen molar-refractivity contribution >= 4 is 13.6 Å². The molecule has 1 aromatic rings. The van der Waals surface area contributed by atoms with Crippen LogP contribution in [0.25, 0.3) is 0 Å². The van der Waals surface area contributed by atoms with Gasteiger partial charge in [0.1, 0.15) is 6.66 Å². The Labute approximate surface area is 71.3 Å². The van der Waals surface area contributed by atoms with Crippen LogP contribution in [0.2, 0.25) is 0 Å². The van der Waals surface area contributed by atoms with Crippen LogP contribution in [0.3, 0.4) is 0 Å². The lowest BCUT2D eigenvalue weighted by atomic mass is 10.3. The van der Waals surface area contributed by atoms with Crippen LogP contribution in [0.4, 0.5) is 5.69 Å². The van der Waals surface area contributed by atoms with Gasteiger partial charge < -0.3 is 0 Å². The van der Waals surface area contributed by atoms with Gasteiger partial charge in [0.25, 0.3) is 0 Å². The Morgan fingerprint density at radius 1 is 1.25 bits per heavy atom. The van der Waals surface area contributed by atoms with E-state index < -0.39 is 7.94 Å². The van der Waals surface area contributed by atoms with E-state index in [1.54, 1.807) is 12.1 Å². The molecule has 4 nitrogen and oxygen atoms in total. The lowest BCUT2D eigenvalue weighted by Gasteiger charge is -2.06. The van der Waals surface area contributed by atoms with E-state index in [1.807, 2.05) is 18.2 Å². The molecule has 12 heavy (non-hydrogen) atoms. The number of para-hydroxylation sites is 1. The minimum atomic E-state index is -3.19. The van der Waals surface area contributed by atoms with Gasteiger partial charge in [-0.15, -0.1) is 0 Å². The van der Waals surface area contributed by atoms with Crippen molar-refractivity contribution in [1.82, 2.24) is 0 Å². The van der Waals surface area contributed by atoms with Gasteiger partial charge in [0.2, 0.25) is 0 Å². The molecule has 0 bridgehead atoms. The second-order valence-electron chi connectivity index (χ2n) is 2.39. The minimum absolute atomic E-state index is 0.687. The number of nitrogens with one attached hydrogen (secondary N) is 1. The first-order valence-corrected chi connectivity index (χ1v) is 5.45. The maximum atomic E-state index is 8.86. The fraction of sp³-hybridized carbons (Fsp3) is 0.143. The predicted molar refractivity (Wildman–Crippen MR) is 48.4 cm³/mol. The maximum absolute atomic E-state index is 8.86. The van der Waals surface area contributed by atoms with Crippen molar-refractivity contribution in [2.45, 2.75) is 0 Å². The van der Waals surface area contributed by atoms with Gasteiger partial charge >= 0.3 is 7.94 Å². The van der Waals surface area contributed by atoms with Crippen molar-refractivity contribution in [3.8, 4) is 0 Å². The Balaban J connectivity index is 2.44. The highest BCUT2D eigenvalue weighted by atomic mass is 31.2. The molecule has 0 aliphatic rings. The molecule has 3 N–H and O–H groups in total. The lowest BCUT2D eigenvalue weighted by molar-refractivity contribution is 0.282. The van der Waals surface area contributed by atoms with Gasteiger partial charge in [-0.2, -0.15) is 9.79 Å². The SMILES string of the molecule is C[P+](O)(O)ONc1ccccc1. The Bertz CT molecular complexity index is 234. The molecule has 1 aromatic carbocycles. The van der Waals surface area contributed by atoms with Crippen LogP contribution in [0.5, 0.6) is 0 Å². The zero-order chi connectivity index (χ0) is 9.03. The number of rotatable bonds is 3. The molecule has 0 aliphatic carbocycles. The highest BCUT2D eigenvalue weighted by Crippen LogP contribution is 2.45. The van der Waals surface area contributed by atoms with Crippen LogP contribution < -0.4 is 5.48 Å². The molecule has 0 saturated carbocycles. The van der Waals surface area contributed by atoms with Crippen molar-refractivity contribution in [1.29, 1.82) is 0 Å². The van der Waals surface area contributed by atoms with Crippen molar-refractivity contribution in [3.63, 3.8) is 0 Å². The number of benzene rings is 1. The molecule has 0 amide bonds. The Hall–Kier alpha value is -0.670. The third kappa shape index (κ3) is 3.64. The normalized spacial score (nSPS) is 11.2. The third-order valence-electron chi connectivity index (χ3n) is 1.11. The fourth-order valence-corrected chi connectivity index (χ4v) is 0.924. The molecular weight excluding hydrogens is 177 g/mol. The van der Waals surface area contributed by atoms with Crippen LogP contribution in [0.15, 0.2) is 30.3 Å². The van der Waals surface area contributed by atoms with E-state index in [-0.39, 0.29) is 0 Å². The molecular formula is C7H11NO3P+. The third-order valence-corrected chi connectivity index (χ3v) is 1.55. The van der Waals surface area contributed by atoms with Crippen LogP contribution in [-0.4, -0.2) is 16.5 Å². The first-order chi connectivity index (χ1) is 5.58. The lowest BCUT2D eigenvalue weighted by Crippen LogP contribution is -2.02. The average Bonchev–Trinajstić information content (AvgIpc) is 2.02. The first kappa shape index (κ1) is 9.42. The molecule has 1 rings (SSSR count). The summed E-state index contributed by atoms with van der Waals surface area (Å²) in [7, 11) is -3.19. The molecule has 0 fully saturated rings. The molecule has 0 saturated heterocycles. The summed E-state index contributed by atoms with van der Waals surface area (Å²) in [6, 6.07) is 9.01. The second-order valence-corrected chi connectivity index (χ2v) is 4.25. The molecule has 0 atom stereocenters. The Kier molecular flexibility index (Phi) is 3.00. The number of anilines is 1. The summed E-state index contributed by atoms with van der Waals surface area (Å²) in [6.07, 6.45) is 0. The zero-order valence-electron chi connectivity index (χ0n) is 6.64. The van der Waals surface area contributed by atoms with E-state index in [1.165, 1.54) is 6.66 Å². The summed E-state index contributed by atoms with van der Waals surface area (Å²) in [6.45, 7) is 1.23. The largest absolute Gasteiger partial charge is 0.433 e. The summed E-state index contributed by atoms with van der Waals surface area (Å²) >= 11 is 0. The average molecular weight is 188 g/mol. The van der Waals surface area contributed by atoms with Gasteiger partial charge in [-0.05, 0) is 12.1 Å². The minimum Gasteiger partial charge on any atom is -0.223 e. The monoisotopic (exact) mass is 188 g/mol. The van der Waals surface area contributed by atoms with E-state index >= 15 is 0 Å². The quantitative estimate of drug-likeness (QED) is 0.495. The van der Waals surface area contributed by atoms with Gasteiger partial charge in [0.15, 0.2) is 0 Å². The molecule has 0 aliphatic heterocycles. The van der Waals surface area contributed by atoms with Crippen LogP contribution in [0.1, 0.15) is 0 Å². The van der Waals surface area contributed by atoms with E-state index in [9.17, 15) is 0 Å². The first-order valence-electron chi connectivity index (χ1n) is 3.39. The topological polar surface area (TPSA) is 61.7 Å². The van der Waals surface area contributed by atoms with Crippen LogP contribution >= 0.6 is 7.94 Å². The summed E-state index contributed by atoms with van der Waals surface area (Å²) in [5.41, 5.74) is 3.12. The number of hydrogen-bond donors (Lipinski definition) is 3. The molecule has 66 valence electrons. The Morgan fingerprint density at radius 2 is 1.83 bits per heavy atom. The molecule has 0 radical (unpaired) electrons. The van der Waals surface area contributed by atoms with Gasteiger partial charge in [-0.1, -0.05) is 22.8 Å². The zero-order valence-corrected chi connectivity index (χ0v) is 7.53. The number of hydrogen-bond acceptors (Lipinski definition) is 4. The highest BCUT2D eigenvalue weighted by Gasteiger charge is 2.28. The highest BCUT2D eigenvalue weighted by molar-refractivity contribution is 7.58. The summed E-state index contributed by atoms with van der Waals surface area (Å²) in [4.78, 5) is 17.7. The van der Waals surface area contributed by atoms with E-state index in [0.717, 1.165) is 0 Å². The van der Waals surface area contributed by atoms with Crippen molar-refractivity contribution in [3.05, 3.63) is 30.3 Å². The van der Waals surface area contributed by atoms with Crippen LogP contribution in [0, 0.1) is 0 Å². The molecule has 5 heteroatoms.